The molecule has 8 nitrogen and oxygen atoms in total. The van der Waals surface area contributed by atoms with Gasteiger partial charge in [-0.3, -0.25) is 4.79 Å². The Morgan fingerprint density at radius 3 is 2.35 bits per heavy atom. The van der Waals surface area contributed by atoms with Gasteiger partial charge in [-0.15, -0.1) is 0 Å². The molecule has 1 fully saturated rings. The topological polar surface area (TPSA) is 73.4 Å². The van der Waals surface area contributed by atoms with Crippen LogP contribution in [0.3, 0.4) is 0 Å². The molecule has 1 aliphatic rings. The number of ether oxygens (including phenoxy) is 4. The number of methoxy groups -OCH3 is 3. The highest BCUT2D eigenvalue weighted by Gasteiger charge is 2.22. The molecular weight excluding hydrogens is 454 g/mol. The van der Waals surface area contributed by atoms with E-state index in [1.54, 1.807) is 44.8 Å². The lowest BCUT2D eigenvalue weighted by molar-refractivity contribution is -0.126. The molecule has 2 heterocycles. The fraction of sp³-hybridized carbons (Fsp3) is 0.360. The molecule has 0 bridgehead atoms. The molecule has 1 aliphatic heterocycles. The molecular formula is C25H29N3O5S. The van der Waals surface area contributed by atoms with Gasteiger partial charge in [-0.1, -0.05) is 11.3 Å². The van der Waals surface area contributed by atoms with Crippen molar-refractivity contribution in [2.75, 3.05) is 59.0 Å². The highest BCUT2D eigenvalue weighted by molar-refractivity contribution is 7.22. The third kappa shape index (κ3) is 5.04. The Labute approximate surface area is 203 Å². The number of rotatable bonds is 8. The van der Waals surface area contributed by atoms with Crippen LogP contribution in [0.5, 0.6) is 23.0 Å². The minimum Gasteiger partial charge on any atom is -0.494 e. The third-order valence-corrected chi connectivity index (χ3v) is 6.71. The van der Waals surface area contributed by atoms with Crippen LogP contribution in [0.15, 0.2) is 36.4 Å². The first-order valence-corrected chi connectivity index (χ1v) is 11.9. The number of carbonyl (C=O) groups excluding carboxylic acids is 1. The number of nitrogens with zero attached hydrogens (tertiary/aromatic N) is 3. The maximum atomic E-state index is 12.8. The van der Waals surface area contributed by atoms with Gasteiger partial charge in [0.1, 0.15) is 5.75 Å². The second-order valence-corrected chi connectivity index (χ2v) is 8.67. The average molecular weight is 484 g/mol. The van der Waals surface area contributed by atoms with Gasteiger partial charge in [0.15, 0.2) is 16.6 Å². The molecule has 0 spiro atoms. The number of anilines is 1. The van der Waals surface area contributed by atoms with Crippen LogP contribution in [-0.4, -0.2) is 69.9 Å². The summed E-state index contributed by atoms with van der Waals surface area (Å²) in [5, 5.41) is 0.976. The fourth-order valence-electron chi connectivity index (χ4n) is 3.87. The van der Waals surface area contributed by atoms with E-state index in [-0.39, 0.29) is 5.91 Å². The number of hydrogen-bond acceptors (Lipinski definition) is 8. The van der Waals surface area contributed by atoms with Crippen molar-refractivity contribution in [3.05, 3.63) is 42.0 Å². The Kier molecular flexibility index (Phi) is 7.42. The maximum Gasteiger partial charge on any atom is 0.246 e. The van der Waals surface area contributed by atoms with E-state index in [2.05, 4.69) is 4.90 Å². The van der Waals surface area contributed by atoms with E-state index in [1.807, 2.05) is 42.2 Å². The molecule has 2 aromatic carbocycles. The molecule has 0 radical (unpaired) electrons. The minimum absolute atomic E-state index is 0.0287. The van der Waals surface area contributed by atoms with Crippen molar-refractivity contribution in [1.29, 1.82) is 0 Å². The molecule has 0 aliphatic carbocycles. The van der Waals surface area contributed by atoms with Gasteiger partial charge in [0, 0.05) is 32.3 Å². The lowest BCUT2D eigenvalue weighted by Gasteiger charge is -2.34. The molecule has 1 saturated heterocycles. The van der Waals surface area contributed by atoms with E-state index in [4.69, 9.17) is 23.9 Å². The standard InChI is InChI=1S/C25H29N3O5S/c1-5-33-18-7-8-19-22(16-18)34-25(26-19)28-12-10-27(11-13-28)23(29)9-6-17-14-20(30-2)24(32-4)21(15-17)31-3/h6-9,14-16H,5,10-13H2,1-4H3/b9-6-. The van der Waals surface area contributed by atoms with Gasteiger partial charge in [0.25, 0.3) is 0 Å². The number of piperazine rings is 1. The highest BCUT2D eigenvalue weighted by Crippen LogP contribution is 2.38. The molecule has 3 aromatic rings. The monoisotopic (exact) mass is 483 g/mol. The molecule has 0 atom stereocenters. The van der Waals surface area contributed by atoms with Gasteiger partial charge in [-0.2, -0.15) is 0 Å². The van der Waals surface area contributed by atoms with Crippen molar-refractivity contribution in [1.82, 2.24) is 9.88 Å². The SMILES string of the molecule is CCOc1ccc2nc(N3CCN(C(=O)/C=C\c4cc(OC)c(OC)c(OC)c4)CC3)sc2c1. The first-order chi connectivity index (χ1) is 16.6. The number of aromatic nitrogens is 1. The molecule has 0 N–H and O–H groups in total. The van der Waals surface area contributed by atoms with E-state index < -0.39 is 0 Å². The number of fused-ring (bicyclic) bond motifs is 1. The van der Waals surface area contributed by atoms with E-state index in [9.17, 15) is 4.79 Å². The van der Waals surface area contributed by atoms with Gasteiger partial charge in [0.05, 0.1) is 38.2 Å². The Hall–Kier alpha value is -3.46. The summed E-state index contributed by atoms with van der Waals surface area (Å²) in [4.78, 5) is 21.6. The summed E-state index contributed by atoms with van der Waals surface area (Å²) in [6.45, 7) is 5.37. The fourth-order valence-corrected chi connectivity index (χ4v) is 4.92. The van der Waals surface area contributed by atoms with E-state index in [0.717, 1.165) is 39.8 Å². The third-order valence-electron chi connectivity index (χ3n) is 5.63. The zero-order valence-corrected chi connectivity index (χ0v) is 20.7. The second kappa shape index (κ2) is 10.6. The summed E-state index contributed by atoms with van der Waals surface area (Å²) in [5.74, 6) is 2.45. The first-order valence-electron chi connectivity index (χ1n) is 11.1. The summed E-state index contributed by atoms with van der Waals surface area (Å²) in [7, 11) is 4.70. The lowest BCUT2D eigenvalue weighted by Crippen LogP contribution is -2.48. The maximum absolute atomic E-state index is 12.8. The predicted octanol–water partition coefficient (Wildman–Crippen LogP) is 4.08. The summed E-state index contributed by atoms with van der Waals surface area (Å²) >= 11 is 1.65. The van der Waals surface area contributed by atoms with Crippen molar-refractivity contribution in [3.63, 3.8) is 0 Å². The number of hydrogen-bond donors (Lipinski definition) is 0. The van der Waals surface area contributed by atoms with Crippen LogP contribution < -0.4 is 23.8 Å². The van der Waals surface area contributed by atoms with Crippen LogP contribution in [0, 0.1) is 0 Å². The Bertz CT molecular complexity index is 1160. The summed E-state index contributed by atoms with van der Waals surface area (Å²) in [6, 6.07) is 9.61. The largest absolute Gasteiger partial charge is 0.494 e. The van der Waals surface area contributed by atoms with Gasteiger partial charge in [0.2, 0.25) is 11.7 Å². The highest BCUT2D eigenvalue weighted by atomic mass is 32.1. The minimum atomic E-state index is -0.0287. The van der Waals surface area contributed by atoms with Crippen LogP contribution in [0.1, 0.15) is 12.5 Å². The zero-order valence-electron chi connectivity index (χ0n) is 19.9. The van der Waals surface area contributed by atoms with Crippen molar-refractivity contribution < 1.29 is 23.7 Å². The summed E-state index contributed by atoms with van der Waals surface area (Å²) in [5.41, 5.74) is 1.76. The average Bonchev–Trinajstić information content (AvgIpc) is 3.30. The van der Waals surface area contributed by atoms with E-state index in [1.165, 1.54) is 0 Å². The number of carbonyl (C=O) groups is 1. The zero-order chi connectivity index (χ0) is 24.1. The number of amides is 1. The Morgan fingerprint density at radius 2 is 1.74 bits per heavy atom. The van der Waals surface area contributed by atoms with Gasteiger partial charge < -0.3 is 28.7 Å². The van der Waals surface area contributed by atoms with Crippen LogP contribution in [0.25, 0.3) is 16.3 Å². The Morgan fingerprint density at radius 1 is 1.03 bits per heavy atom. The Balaban J connectivity index is 1.39. The number of thiazole rings is 1. The molecule has 34 heavy (non-hydrogen) atoms. The predicted molar refractivity (Wildman–Crippen MR) is 135 cm³/mol. The first kappa shape index (κ1) is 23.7. The van der Waals surface area contributed by atoms with E-state index in [0.29, 0.717) is 36.9 Å². The van der Waals surface area contributed by atoms with Crippen LogP contribution >= 0.6 is 11.3 Å². The molecule has 1 aromatic heterocycles. The normalized spacial score (nSPS) is 14.0. The summed E-state index contributed by atoms with van der Waals surface area (Å²) < 4.78 is 22.8. The summed E-state index contributed by atoms with van der Waals surface area (Å²) in [6.07, 6.45) is 3.35. The second-order valence-electron chi connectivity index (χ2n) is 7.66. The molecule has 0 saturated carbocycles. The molecule has 9 heteroatoms. The quantitative estimate of drug-likeness (QED) is 0.447. The van der Waals surface area contributed by atoms with Crippen LogP contribution in [-0.2, 0) is 4.79 Å². The smallest absolute Gasteiger partial charge is 0.246 e. The van der Waals surface area contributed by atoms with Gasteiger partial charge in [-0.25, -0.2) is 4.98 Å². The van der Waals surface area contributed by atoms with Crippen molar-refractivity contribution in [2.45, 2.75) is 6.92 Å². The van der Waals surface area contributed by atoms with Gasteiger partial charge in [-0.05, 0) is 48.9 Å². The van der Waals surface area contributed by atoms with Crippen molar-refractivity contribution in [2.24, 2.45) is 0 Å². The molecule has 0 unspecified atom stereocenters. The van der Waals surface area contributed by atoms with Crippen LogP contribution in [0.4, 0.5) is 5.13 Å². The molecule has 4 rings (SSSR count). The van der Waals surface area contributed by atoms with Crippen LogP contribution in [0.2, 0.25) is 0 Å². The number of benzene rings is 2. The molecule has 180 valence electrons. The van der Waals surface area contributed by atoms with Crippen molar-refractivity contribution >= 4 is 38.7 Å². The van der Waals surface area contributed by atoms with Gasteiger partial charge >= 0.3 is 0 Å². The molecule has 1 amide bonds. The van der Waals surface area contributed by atoms with Crippen molar-refractivity contribution in [3.8, 4) is 23.0 Å². The van der Waals surface area contributed by atoms with E-state index >= 15 is 0 Å². The lowest BCUT2D eigenvalue weighted by atomic mass is 10.1.